The van der Waals surface area contributed by atoms with Crippen LogP contribution < -0.4 is 0 Å². The van der Waals surface area contributed by atoms with Gasteiger partial charge in [-0.1, -0.05) is 25.0 Å². The third-order valence-corrected chi connectivity index (χ3v) is 4.89. The van der Waals surface area contributed by atoms with Gasteiger partial charge in [0.05, 0.1) is 0 Å². The highest BCUT2D eigenvalue weighted by atomic mass is 35.5. The molecule has 22 heavy (non-hydrogen) atoms. The summed E-state index contributed by atoms with van der Waals surface area (Å²) in [6.07, 6.45) is 4.82. The number of aliphatic carboxylic acids is 1. The van der Waals surface area contributed by atoms with E-state index in [9.17, 15) is 18.7 Å². The van der Waals surface area contributed by atoms with Gasteiger partial charge in [0.2, 0.25) is 0 Å². The normalized spacial score (nSPS) is 28.0. The van der Waals surface area contributed by atoms with Crippen LogP contribution in [0, 0.1) is 17.6 Å². The molecule has 1 aromatic rings. The molecule has 3 nitrogen and oxygen atoms in total. The van der Waals surface area contributed by atoms with Crippen molar-refractivity contribution < 1.29 is 18.7 Å². The third kappa shape index (κ3) is 3.10. The minimum Gasteiger partial charge on any atom is -0.480 e. The number of carbonyl (C=O) groups is 1. The highest BCUT2D eigenvalue weighted by Gasteiger charge is 2.45. The van der Waals surface area contributed by atoms with Crippen molar-refractivity contribution in [2.24, 2.45) is 5.92 Å². The lowest BCUT2D eigenvalue weighted by molar-refractivity contribution is -0.142. The largest absolute Gasteiger partial charge is 0.480 e. The van der Waals surface area contributed by atoms with Crippen molar-refractivity contribution in [2.45, 2.75) is 50.7 Å². The van der Waals surface area contributed by atoms with Gasteiger partial charge in [0.1, 0.15) is 6.04 Å². The van der Waals surface area contributed by atoms with Gasteiger partial charge in [-0.15, -0.1) is 12.4 Å². The minimum atomic E-state index is -0.876. The van der Waals surface area contributed by atoms with Gasteiger partial charge in [-0.25, -0.2) is 8.78 Å². The van der Waals surface area contributed by atoms with Crippen LogP contribution in [0.15, 0.2) is 18.2 Å². The van der Waals surface area contributed by atoms with E-state index in [1.165, 1.54) is 12.1 Å². The predicted molar refractivity (Wildman–Crippen MR) is 80.9 cm³/mol. The summed E-state index contributed by atoms with van der Waals surface area (Å²) in [5.41, 5.74) is 0.243. The second kappa shape index (κ2) is 6.92. The van der Waals surface area contributed by atoms with E-state index in [2.05, 4.69) is 0 Å². The maximum atomic E-state index is 13.9. The summed E-state index contributed by atoms with van der Waals surface area (Å²) >= 11 is 0. The van der Waals surface area contributed by atoms with Crippen molar-refractivity contribution in [1.29, 1.82) is 0 Å². The Labute approximate surface area is 134 Å². The molecule has 3 rings (SSSR count). The molecule has 6 heteroatoms. The van der Waals surface area contributed by atoms with Gasteiger partial charge >= 0.3 is 5.97 Å². The van der Waals surface area contributed by atoms with Crippen molar-refractivity contribution in [1.82, 2.24) is 4.90 Å². The molecule has 0 bridgehead atoms. The van der Waals surface area contributed by atoms with Crippen LogP contribution >= 0.6 is 12.4 Å². The van der Waals surface area contributed by atoms with Crippen LogP contribution in [0.4, 0.5) is 8.78 Å². The Morgan fingerprint density at radius 2 is 2.00 bits per heavy atom. The molecule has 1 aliphatic heterocycles. The maximum absolute atomic E-state index is 13.9. The smallest absolute Gasteiger partial charge is 0.320 e. The van der Waals surface area contributed by atoms with Gasteiger partial charge in [0.15, 0.2) is 11.6 Å². The molecule has 3 unspecified atom stereocenters. The monoisotopic (exact) mass is 331 g/mol. The second-order valence-electron chi connectivity index (χ2n) is 6.09. The van der Waals surface area contributed by atoms with Crippen molar-refractivity contribution in [3.63, 3.8) is 0 Å². The summed E-state index contributed by atoms with van der Waals surface area (Å²) < 4.78 is 27.2. The Bertz CT molecular complexity index is 555. The summed E-state index contributed by atoms with van der Waals surface area (Å²) in [5, 5.41) is 9.42. The number of hydrogen-bond donors (Lipinski definition) is 1. The van der Waals surface area contributed by atoms with Gasteiger partial charge in [0, 0.05) is 18.2 Å². The summed E-state index contributed by atoms with van der Waals surface area (Å²) in [6.45, 7) is 0.168. The zero-order valence-corrected chi connectivity index (χ0v) is 13.0. The SMILES string of the molecule is Cl.O=C(O)C1CC2CCCCC2N1Cc1cccc(F)c1F. The maximum Gasteiger partial charge on any atom is 0.320 e. The van der Waals surface area contributed by atoms with Crippen LogP contribution in [0.1, 0.15) is 37.7 Å². The summed E-state index contributed by atoms with van der Waals surface area (Å²) in [6, 6.07) is 3.69. The summed E-state index contributed by atoms with van der Waals surface area (Å²) in [5.74, 6) is -2.22. The third-order valence-electron chi connectivity index (χ3n) is 4.89. The number of nitrogens with zero attached hydrogens (tertiary/aromatic N) is 1. The molecule has 0 amide bonds. The Balaban J connectivity index is 0.00000176. The molecular formula is C16H20ClF2NO2. The van der Waals surface area contributed by atoms with Gasteiger partial charge < -0.3 is 5.11 Å². The number of fused-ring (bicyclic) bond motifs is 1. The van der Waals surface area contributed by atoms with Gasteiger partial charge in [-0.2, -0.15) is 0 Å². The highest BCUT2D eigenvalue weighted by molar-refractivity contribution is 5.85. The van der Waals surface area contributed by atoms with Crippen LogP contribution in [0.25, 0.3) is 0 Å². The summed E-state index contributed by atoms with van der Waals surface area (Å²) in [4.78, 5) is 13.4. The molecule has 1 heterocycles. The van der Waals surface area contributed by atoms with Gasteiger partial charge in [0.25, 0.3) is 0 Å². The van der Waals surface area contributed by atoms with E-state index >= 15 is 0 Å². The Morgan fingerprint density at radius 1 is 1.27 bits per heavy atom. The standard InChI is InChI=1S/C16H19F2NO2.ClH/c17-12-6-3-5-11(15(12)18)9-19-13-7-2-1-4-10(13)8-14(19)16(20)21;/h3,5-6,10,13-14H,1-2,4,7-9H2,(H,20,21);1H. The molecule has 0 aromatic heterocycles. The first kappa shape index (κ1) is 17.2. The van der Waals surface area contributed by atoms with E-state index in [0.29, 0.717) is 12.3 Å². The average molecular weight is 332 g/mol. The Hall–Kier alpha value is -1.20. The minimum absolute atomic E-state index is 0. The van der Waals surface area contributed by atoms with Crippen molar-refractivity contribution in [3.8, 4) is 0 Å². The van der Waals surface area contributed by atoms with E-state index in [-0.39, 0.29) is 30.6 Å². The molecule has 1 aromatic carbocycles. The van der Waals surface area contributed by atoms with Crippen molar-refractivity contribution in [2.75, 3.05) is 0 Å². The van der Waals surface area contributed by atoms with Gasteiger partial charge in [-0.3, -0.25) is 9.69 Å². The van der Waals surface area contributed by atoms with Gasteiger partial charge in [-0.05, 0) is 31.2 Å². The van der Waals surface area contributed by atoms with Crippen LogP contribution in [0.5, 0.6) is 0 Å². The first-order valence-electron chi connectivity index (χ1n) is 7.49. The first-order chi connectivity index (χ1) is 10.1. The Morgan fingerprint density at radius 3 is 2.73 bits per heavy atom. The molecule has 0 spiro atoms. The molecule has 3 atom stereocenters. The molecule has 2 aliphatic rings. The Kier molecular flexibility index (Phi) is 5.40. The molecule has 1 saturated carbocycles. The fraction of sp³-hybridized carbons (Fsp3) is 0.562. The van der Waals surface area contributed by atoms with Crippen LogP contribution in [-0.2, 0) is 11.3 Å². The van der Waals surface area contributed by atoms with E-state index in [4.69, 9.17) is 0 Å². The number of carboxylic acid groups (broad SMARTS) is 1. The molecule has 2 fully saturated rings. The van der Waals surface area contributed by atoms with Crippen LogP contribution in [0.3, 0.4) is 0 Å². The van der Waals surface area contributed by atoms with E-state index < -0.39 is 23.6 Å². The number of likely N-dealkylation sites (tertiary alicyclic amines) is 1. The van der Waals surface area contributed by atoms with E-state index in [1.54, 1.807) is 0 Å². The molecular weight excluding hydrogens is 312 g/mol. The first-order valence-corrected chi connectivity index (χ1v) is 7.49. The number of halogens is 3. The van der Waals surface area contributed by atoms with Crippen molar-refractivity contribution in [3.05, 3.63) is 35.4 Å². The molecule has 0 radical (unpaired) electrons. The number of rotatable bonds is 3. The molecule has 1 aliphatic carbocycles. The number of hydrogen-bond acceptors (Lipinski definition) is 2. The van der Waals surface area contributed by atoms with Crippen LogP contribution in [0.2, 0.25) is 0 Å². The predicted octanol–water partition coefficient (Wildman–Crippen LogP) is 3.60. The van der Waals surface area contributed by atoms with Crippen LogP contribution in [-0.4, -0.2) is 28.1 Å². The fourth-order valence-corrected chi connectivity index (χ4v) is 3.89. The second-order valence-corrected chi connectivity index (χ2v) is 6.09. The average Bonchev–Trinajstić information content (AvgIpc) is 2.83. The molecule has 122 valence electrons. The molecule has 1 saturated heterocycles. The summed E-state index contributed by atoms with van der Waals surface area (Å²) in [7, 11) is 0. The quantitative estimate of drug-likeness (QED) is 0.920. The van der Waals surface area contributed by atoms with Crippen molar-refractivity contribution >= 4 is 18.4 Å². The van der Waals surface area contributed by atoms with E-state index in [1.807, 2.05) is 4.90 Å². The lowest BCUT2D eigenvalue weighted by Gasteiger charge is -2.33. The zero-order chi connectivity index (χ0) is 15.0. The number of carboxylic acids is 1. The van der Waals surface area contributed by atoms with E-state index in [0.717, 1.165) is 31.7 Å². The highest BCUT2D eigenvalue weighted by Crippen LogP contribution is 2.40. The zero-order valence-electron chi connectivity index (χ0n) is 12.2. The molecule has 1 N–H and O–H groups in total. The lowest BCUT2D eigenvalue weighted by atomic mass is 9.84. The fourth-order valence-electron chi connectivity index (χ4n) is 3.89. The number of benzene rings is 1. The topological polar surface area (TPSA) is 40.5 Å². The lowest BCUT2D eigenvalue weighted by Crippen LogP contribution is -2.41.